The van der Waals surface area contributed by atoms with E-state index in [0.29, 0.717) is 18.5 Å². The van der Waals surface area contributed by atoms with Crippen LogP contribution in [0.4, 0.5) is 0 Å². The number of amides is 1. The highest BCUT2D eigenvalue weighted by Crippen LogP contribution is 2.26. The van der Waals surface area contributed by atoms with Gasteiger partial charge in [-0.05, 0) is 50.4 Å². The van der Waals surface area contributed by atoms with Gasteiger partial charge in [-0.2, -0.15) is 0 Å². The number of halogens is 1. The van der Waals surface area contributed by atoms with E-state index in [2.05, 4.69) is 33.4 Å². The van der Waals surface area contributed by atoms with E-state index >= 15 is 0 Å². The molecule has 2 rings (SSSR count). The highest BCUT2D eigenvalue weighted by atomic mass is 79.9. The van der Waals surface area contributed by atoms with Crippen LogP contribution in [0.2, 0.25) is 0 Å². The van der Waals surface area contributed by atoms with Gasteiger partial charge in [-0.15, -0.1) is 0 Å². The SMILES string of the molecule is CNC1CCC(C(=O)N(C)Cc2cccc(Br)c2)CC1. The fourth-order valence-electron chi connectivity index (χ4n) is 2.93. The molecule has 1 aliphatic rings. The molecule has 0 atom stereocenters. The molecular weight excluding hydrogens is 316 g/mol. The van der Waals surface area contributed by atoms with Crippen LogP contribution in [0.15, 0.2) is 28.7 Å². The first-order chi connectivity index (χ1) is 9.60. The van der Waals surface area contributed by atoms with E-state index in [1.165, 1.54) is 5.56 Å². The largest absolute Gasteiger partial charge is 0.341 e. The van der Waals surface area contributed by atoms with Crippen molar-refractivity contribution in [2.75, 3.05) is 14.1 Å². The Balaban J connectivity index is 1.89. The van der Waals surface area contributed by atoms with Crippen molar-refractivity contribution < 1.29 is 4.79 Å². The Bertz CT molecular complexity index is 456. The van der Waals surface area contributed by atoms with Gasteiger partial charge in [0.25, 0.3) is 0 Å². The molecule has 110 valence electrons. The van der Waals surface area contributed by atoms with E-state index in [-0.39, 0.29) is 5.92 Å². The summed E-state index contributed by atoms with van der Waals surface area (Å²) in [5, 5.41) is 3.31. The number of carbonyl (C=O) groups is 1. The number of hydrogen-bond acceptors (Lipinski definition) is 2. The van der Waals surface area contributed by atoms with E-state index in [1.54, 1.807) is 0 Å². The Morgan fingerprint density at radius 2 is 2.05 bits per heavy atom. The van der Waals surface area contributed by atoms with Gasteiger partial charge in [-0.25, -0.2) is 0 Å². The van der Waals surface area contributed by atoms with E-state index in [1.807, 2.05) is 31.1 Å². The van der Waals surface area contributed by atoms with Crippen molar-refractivity contribution in [2.24, 2.45) is 5.92 Å². The van der Waals surface area contributed by atoms with Gasteiger partial charge < -0.3 is 10.2 Å². The van der Waals surface area contributed by atoms with Gasteiger partial charge in [-0.1, -0.05) is 28.1 Å². The summed E-state index contributed by atoms with van der Waals surface area (Å²) in [7, 11) is 3.92. The van der Waals surface area contributed by atoms with Crippen LogP contribution >= 0.6 is 15.9 Å². The van der Waals surface area contributed by atoms with Crippen LogP contribution in [0.5, 0.6) is 0 Å². The normalized spacial score (nSPS) is 22.6. The molecule has 0 saturated heterocycles. The quantitative estimate of drug-likeness (QED) is 0.914. The standard InChI is InChI=1S/C16H23BrN2O/c1-18-15-8-6-13(7-9-15)16(20)19(2)11-12-4-3-5-14(17)10-12/h3-5,10,13,15,18H,6-9,11H2,1-2H3. The molecule has 0 bridgehead atoms. The van der Waals surface area contributed by atoms with Crippen molar-refractivity contribution in [3.63, 3.8) is 0 Å². The summed E-state index contributed by atoms with van der Waals surface area (Å²) in [6.07, 6.45) is 4.23. The zero-order chi connectivity index (χ0) is 14.5. The number of rotatable bonds is 4. The van der Waals surface area contributed by atoms with Crippen molar-refractivity contribution in [3.05, 3.63) is 34.3 Å². The predicted molar refractivity (Wildman–Crippen MR) is 85.4 cm³/mol. The van der Waals surface area contributed by atoms with Gasteiger partial charge in [0, 0.05) is 30.0 Å². The van der Waals surface area contributed by atoms with Gasteiger partial charge in [-0.3, -0.25) is 4.79 Å². The van der Waals surface area contributed by atoms with Gasteiger partial charge in [0.05, 0.1) is 0 Å². The summed E-state index contributed by atoms with van der Waals surface area (Å²) in [6, 6.07) is 8.74. The lowest BCUT2D eigenvalue weighted by Crippen LogP contribution is -2.38. The van der Waals surface area contributed by atoms with Crippen molar-refractivity contribution >= 4 is 21.8 Å². The molecule has 0 aromatic heterocycles. The number of benzene rings is 1. The fraction of sp³-hybridized carbons (Fsp3) is 0.562. The lowest BCUT2D eigenvalue weighted by atomic mass is 9.85. The smallest absolute Gasteiger partial charge is 0.225 e. The molecule has 0 radical (unpaired) electrons. The monoisotopic (exact) mass is 338 g/mol. The van der Waals surface area contributed by atoms with Crippen molar-refractivity contribution in [2.45, 2.75) is 38.3 Å². The molecular formula is C16H23BrN2O. The van der Waals surface area contributed by atoms with E-state index in [9.17, 15) is 4.79 Å². The predicted octanol–water partition coefficient (Wildman–Crippen LogP) is 3.19. The minimum atomic E-state index is 0.205. The maximum Gasteiger partial charge on any atom is 0.225 e. The van der Waals surface area contributed by atoms with E-state index in [4.69, 9.17) is 0 Å². The summed E-state index contributed by atoms with van der Waals surface area (Å²) in [5.74, 6) is 0.497. The number of nitrogens with one attached hydrogen (secondary N) is 1. The molecule has 1 saturated carbocycles. The van der Waals surface area contributed by atoms with E-state index < -0.39 is 0 Å². The molecule has 1 fully saturated rings. The van der Waals surface area contributed by atoms with Gasteiger partial charge in [0.1, 0.15) is 0 Å². The zero-order valence-electron chi connectivity index (χ0n) is 12.2. The molecule has 0 unspecified atom stereocenters. The first-order valence-corrected chi connectivity index (χ1v) is 8.06. The molecule has 1 aliphatic carbocycles. The van der Waals surface area contributed by atoms with Gasteiger partial charge in [0.15, 0.2) is 0 Å². The topological polar surface area (TPSA) is 32.3 Å². The summed E-state index contributed by atoms with van der Waals surface area (Å²) in [5.41, 5.74) is 1.17. The molecule has 1 N–H and O–H groups in total. The van der Waals surface area contributed by atoms with Crippen LogP contribution in [0.1, 0.15) is 31.2 Å². The van der Waals surface area contributed by atoms with Crippen molar-refractivity contribution in [1.29, 1.82) is 0 Å². The van der Waals surface area contributed by atoms with Crippen LogP contribution in [0.3, 0.4) is 0 Å². The number of nitrogens with zero attached hydrogens (tertiary/aromatic N) is 1. The fourth-order valence-corrected chi connectivity index (χ4v) is 3.37. The number of hydrogen-bond donors (Lipinski definition) is 1. The first-order valence-electron chi connectivity index (χ1n) is 7.27. The van der Waals surface area contributed by atoms with Gasteiger partial charge >= 0.3 is 0 Å². The van der Waals surface area contributed by atoms with Crippen LogP contribution in [-0.2, 0) is 11.3 Å². The molecule has 1 aromatic rings. The summed E-state index contributed by atoms with van der Waals surface area (Å²) in [6.45, 7) is 0.685. The molecule has 1 amide bonds. The summed E-state index contributed by atoms with van der Waals surface area (Å²) in [4.78, 5) is 14.3. The third-order valence-electron chi connectivity index (χ3n) is 4.17. The first kappa shape index (κ1) is 15.5. The minimum Gasteiger partial charge on any atom is -0.341 e. The number of carbonyl (C=O) groups excluding carboxylic acids is 1. The van der Waals surface area contributed by atoms with Crippen LogP contribution in [-0.4, -0.2) is 30.9 Å². The second-order valence-corrected chi connectivity index (χ2v) is 6.58. The third kappa shape index (κ3) is 4.06. The Kier molecular flexibility index (Phi) is 5.61. The molecule has 4 heteroatoms. The Morgan fingerprint density at radius 3 is 2.65 bits per heavy atom. The average Bonchev–Trinajstić information content (AvgIpc) is 2.46. The Morgan fingerprint density at radius 1 is 1.35 bits per heavy atom. The second-order valence-electron chi connectivity index (χ2n) is 5.66. The highest BCUT2D eigenvalue weighted by molar-refractivity contribution is 9.10. The van der Waals surface area contributed by atoms with Gasteiger partial charge in [0.2, 0.25) is 5.91 Å². The maximum absolute atomic E-state index is 12.5. The Hall–Kier alpha value is -0.870. The highest BCUT2D eigenvalue weighted by Gasteiger charge is 2.27. The van der Waals surface area contributed by atoms with E-state index in [0.717, 1.165) is 30.2 Å². The zero-order valence-corrected chi connectivity index (χ0v) is 13.8. The van der Waals surface area contributed by atoms with Crippen LogP contribution in [0.25, 0.3) is 0 Å². The average molecular weight is 339 g/mol. The second kappa shape index (κ2) is 7.23. The minimum absolute atomic E-state index is 0.205. The maximum atomic E-state index is 12.5. The molecule has 0 aliphatic heterocycles. The lowest BCUT2D eigenvalue weighted by Gasteiger charge is -2.30. The molecule has 0 spiro atoms. The molecule has 0 heterocycles. The summed E-state index contributed by atoms with van der Waals surface area (Å²) < 4.78 is 1.06. The lowest BCUT2D eigenvalue weighted by molar-refractivity contribution is -0.135. The molecule has 1 aromatic carbocycles. The summed E-state index contributed by atoms with van der Waals surface area (Å²) >= 11 is 3.47. The molecule has 20 heavy (non-hydrogen) atoms. The van der Waals surface area contributed by atoms with Crippen molar-refractivity contribution in [1.82, 2.24) is 10.2 Å². The third-order valence-corrected chi connectivity index (χ3v) is 4.66. The molecule has 3 nitrogen and oxygen atoms in total. The van der Waals surface area contributed by atoms with Crippen LogP contribution in [0, 0.1) is 5.92 Å². The van der Waals surface area contributed by atoms with Crippen molar-refractivity contribution in [3.8, 4) is 0 Å². The Labute approximate surface area is 129 Å². The van der Waals surface area contributed by atoms with Crippen LogP contribution < -0.4 is 5.32 Å².